The van der Waals surface area contributed by atoms with E-state index in [-0.39, 0.29) is 13.1 Å². The van der Waals surface area contributed by atoms with Crippen LogP contribution in [-0.4, -0.2) is 46.1 Å². The van der Waals surface area contributed by atoms with Gasteiger partial charge in [-0.1, -0.05) is 63.3 Å². The predicted octanol–water partition coefficient (Wildman–Crippen LogP) is 6.90. The second-order valence-electron chi connectivity index (χ2n) is 9.13. The van der Waals surface area contributed by atoms with E-state index >= 15 is 0 Å². The molecule has 4 rings (SSSR count). The van der Waals surface area contributed by atoms with E-state index in [1.54, 1.807) is 0 Å². The fourth-order valence-corrected chi connectivity index (χ4v) is 4.48. The predicted molar refractivity (Wildman–Crippen MR) is 149 cm³/mol. The van der Waals surface area contributed by atoms with Gasteiger partial charge in [-0.25, -0.2) is 4.98 Å². The number of carboxylic acid groups (broad SMARTS) is 1. The third-order valence-corrected chi connectivity index (χ3v) is 6.55. The Hall–Kier alpha value is -3.49. The summed E-state index contributed by atoms with van der Waals surface area (Å²) in [6, 6.07) is 8.94. The normalized spacial score (nSPS) is 21.4. The number of hydrogen-bond donors (Lipinski definition) is 2. The first-order chi connectivity index (χ1) is 18.8. The van der Waals surface area contributed by atoms with E-state index < -0.39 is 17.7 Å². The Morgan fingerprint density at radius 2 is 1.77 bits per heavy atom. The van der Waals surface area contributed by atoms with Crippen LogP contribution in [0.1, 0.15) is 75.6 Å². The summed E-state index contributed by atoms with van der Waals surface area (Å²) >= 11 is 0. The molecule has 0 amide bonds. The quantitative estimate of drug-likeness (QED) is 0.428. The molecule has 1 saturated carbocycles. The van der Waals surface area contributed by atoms with Crippen molar-refractivity contribution in [2.75, 3.05) is 13.1 Å². The Morgan fingerprint density at radius 3 is 2.33 bits per heavy atom. The Kier molecular flexibility index (Phi) is 13.4. The van der Waals surface area contributed by atoms with Crippen molar-refractivity contribution in [1.29, 1.82) is 0 Å². The number of benzene rings is 1. The summed E-state index contributed by atoms with van der Waals surface area (Å²) < 4.78 is 37.8. The lowest BCUT2D eigenvalue weighted by atomic mass is 9.77. The van der Waals surface area contributed by atoms with Gasteiger partial charge in [0.2, 0.25) is 0 Å². The number of alkyl halides is 3. The monoisotopic (exact) mass is 544 g/mol. The molecule has 9 heteroatoms. The molecule has 0 saturated heterocycles. The maximum absolute atomic E-state index is 12.6. The van der Waals surface area contributed by atoms with Gasteiger partial charge in [0.25, 0.3) is 0 Å². The van der Waals surface area contributed by atoms with E-state index in [1.807, 2.05) is 13.8 Å². The Labute approximate surface area is 229 Å². The molecular weight excluding hydrogens is 505 g/mol. The standard InChI is InChI=1S/C16H22O2.C12H11F3N4.C2H6/c1-2-12-3-7-14(8-4-12)15-9-5-13(6-10-15)11-16(17)18;13-12(14,15)9-2-1-4-18-11(19-5-3-9)10-8-16-6-7-17-10;1-2/h3-4,7-8,13,15H,2,5-6,9-11H2,1H3,(H,17,18);1-3,6-8H,4-5H2,(H,18,19);1-2H3/b;2-1-,9-3+;. The van der Waals surface area contributed by atoms with Crippen LogP contribution in [0.4, 0.5) is 13.2 Å². The molecule has 0 atom stereocenters. The first kappa shape index (κ1) is 31.7. The van der Waals surface area contributed by atoms with E-state index in [1.165, 1.54) is 35.8 Å². The molecule has 1 aromatic carbocycles. The summed E-state index contributed by atoms with van der Waals surface area (Å²) in [5, 5.41) is 11.6. The van der Waals surface area contributed by atoms with Gasteiger partial charge < -0.3 is 10.4 Å². The lowest BCUT2D eigenvalue weighted by Crippen LogP contribution is -2.26. The SMILES string of the molecule is CC.CCc1ccc(C2CCC(CC(=O)O)CC2)cc1.FC(F)(F)C1=C/CNC(c2cnccn2)=NC/C=C\1. The van der Waals surface area contributed by atoms with Crippen molar-refractivity contribution in [2.45, 2.75) is 71.4 Å². The minimum atomic E-state index is -4.35. The van der Waals surface area contributed by atoms with Crippen LogP contribution in [0, 0.1) is 5.92 Å². The summed E-state index contributed by atoms with van der Waals surface area (Å²) in [6.45, 7) is 6.34. The molecule has 1 fully saturated rings. The van der Waals surface area contributed by atoms with Gasteiger partial charge in [-0.15, -0.1) is 0 Å². The zero-order chi connectivity index (χ0) is 28.7. The minimum Gasteiger partial charge on any atom is -0.481 e. The number of rotatable bonds is 5. The molecular formula is C30H39F3N4O2. The van der Waals surface area contributed by atoms with E-state index in [0.29, 0.717) is 29.8 Å². The molecule has 2 aliphatic rings. The molecule has 1 aliphatic heterocycles. The molecule has 39 heavy (non-hydrogen) atoms. The lowest BCUT2D eigenvalue weighted by Gasteiger charge is -2.28. The first-order valence-corrected chi connectivity index (χ1v) is 13.6. The number of allylic oxidation sites excluding steroid dienone is 2. The fourth-order valence-electron chi connectivity index (χ4n) is 4.48. The van der Waals surface area contributed by atoms with Gasteiger partial charge in [-0.3, -0.25) is 14.8 Å². The topological polar surface area (TPSA) is 87.5 Å². The number of hydrogen-bond acceptors (Lipinski definition) is 5. The number of nitrogens with zero attached hydrogens (tertiary/aromatic N) is 3. The van der Waals surface area contributed by atoms with Crippen LogP contribution in [0.15, 0.2) is 71.6 Å². The van der Waals surface area contributed by atoms with Crippen molar-refractivity contribution < 1.29 is 23.1 Å². The highest BCUT2D eigenvalue weighted by molar-refractivity contribution is 5.96. The first-order valence-electron chi connectivity index (χ1n) is 13.6. The number of carboxylic acids is 1. The van der Waals surface area contributed by atoms with Crippen molar-refractivity contribution in [3.8, 4) is 0 Å². The zero-order valence-corrected chi connectivity index (χ0v) is 22.9. The van der Waals surface area contributed by atoms with Gasteiger partial charge in [-0.2, -0.15) is 13.2 Å². The zero-order valence-electron chi connectivity index (χ0n) is 22.9. The fraction of sp³-hybridized carbons (Fsp3) is 0.467. The van der Waals surface area contributed by atoms with Gasteiger partial charge in [0.15, 0.2) is 0 Å². The molecule has 1 aromatic heterocycles. The Balaban J connectivity index is 0.000000258. The third-order valence-electron chi connectivity index (χ3n) is 6.55. The second kappa shape index (κ2) is 16.5. The van der Waals surface area contributed by atoms with Crippen molar-refractivity contribution in [3.05, 3.63) is 83.5 Å². The minimum absolute atomic E-state index is 0.0224. The van der Waals surface area contributed by atoms with Gasteiger partial charge in [0.1, 0.15) is 11.5 Å². The highest BCUT2D eigenvalue weighted by Crippen LogP contribution is 2.37. The summed E-state index contributed by atoms with van der Waals surface area (Å²) in [6.07, 6.45) is 9.48. The van der Waals surface area contributed by atoms with Crippen LogP contribution < -0.4 is 5.32 Å². The number of amidine groups is 1. The van der Waals surface area contributed by atoms with Crippen molar-refractivity contribution in [1.82, 2.24) is 15.3 Å². The Morgan fingerprint density at radius 1 is 1.08 bits per heavy atom. The number of halogens is 3. The smallest absolute Gasteiger partial charge is 0.416 e. The molecule has 0 bridgehead atoms. The van der Waals surface area contributed by atoms with Gasteiger partial charge >= 0.3 is 12.1 Å². The maximum atomic E-state index is 12.6. The summed E-state index contributed by atoms with van der Waals surface area (Å²) in [5.74, 6) is 0.817. The van der Waals surface area contributed by atoms with E-state index in [4.69, 9.17) is 5.11 Å². The summed E-state index contributed by atoms with van der Waals surface area (Å²) in [7, 11) is 0. The van der Waals surface area contributed by atoms with Gasteiger partial charge in [0.05, 0.1) is 18.3 Å². The molecule has 2 heterocycles. The maximum Gasteiger partial charge on any atom is 0.416 e. The van der Waals surface area contributed by atoms with Gasteiger partial charge in [0, 0.05) is 25.4 Å². The van der Waals surface area contributed by atoms with Crippen molar-refractivity contribution in [3.63, 3.8) is 0 Å². The molecule has 1 aliphatic carbocycles. The number of carbonyl (C=O) groups is 1. The van der Waals surface area contributed by atoms with E-state index in [9.17, 15) is 18.0 Å². The number of aromatic nitrogens is 2. The molecule has 6 nitrogen and oxygen atoms in total. The van der Waals surface area contributed by atoms with Crippen molar-refractivity contribution in [2.24, 2.45) is 10.9 Å². The number of aliphatic imine (C=N–C) groups is 1. The highest BCUT2D eigenvalue weighted by atomic mass is 19.4. The van der Waals surface area contributed by atoms with Crippen molar-refractivity contribution >= 4 is 11.8 Å². The van der Waals surface area contributed by atoms with E-state index in [2.05, 4.69) is 51.5 Å². The molecule has 0 radical (unpaired) electrons. The third kappa shape index (κ3) is 11.0. The van der Waals surface area contributed by atoms with Crippen LogP contribution in [0.2, 0.25) is 0 Å². The lowest BCUT2D eigenvalue weighted by molar-refractivity contribution is -0.138. The van der Waals surface area contributed by atoms with Crippen LogP contribution in [-0.2, 0) is 11.2 Å². The van der Waals surface area contributed by atoms with Gasteiger partial charge in [-0.05, 0) is 55.1 Å². The summed E-state index contributed by atoms with van der Waals surface area (Å²) in [4.78, 5) is 22.8. The molecule has 212 valence electrons. The molecule has 2 aromatic rings. The average Bonchev–Trinajstić information content (AvgIpc) is 3.08. The second-order valence-corrected chi connectivity index (χ2v) is 9.13. The Bertz CT molecular complexity index is 1090. The largest absolute Gasteiger partial charge is 0.481 e. The average molecular weight is 545 g/mol. The van der Waals surface area contributed by atoms with Crippen LogP contribution in [0.3, 0.4) is 0 Å². The van der Waals surface area contributed by atoms with Crippen LogP contribution >= 0.6 is 0 Å². The van der Waals surface area contributed by atoms with E-state index in [0.717, 1.165) is 44.3 Å². The van der Waals surface area contributed by atoms with Crippen LogP contribution in [0.25, 0.3) is 0 Å². The number of nitrogens with one attached hydrogen (secondary N) is 1. The highest BCUT2D eigenvalue weighted by Gasteiger charge is 2.31. The number of aryl methyl sites for hydroxylation is 1. The molecule has 0 unspecified atom stereocenters. The van der Waals surface area contributed by atoms with Crippen LogP contribution in [0.5, 0.6) is 0 Å². The molecule has 0 spiro atoms. The number of aliphatic carboxylic acids is 1. The summed E-state index contributed by atoms with van der Waals surface area (Å²) in [5.41, 5.74) is 2.63. The molecule has 2 N–H and O–H groups in total.